The van der Waals surface area contributed by atoms with Crippen LogP contribution in [0.5, 0.6) is 0 Å². The van der Waals surface area contributed by atoms with Crippen molar-refractivity contribution in [2.75, 3.05) is 0 Å². The van der Waals surface area contributed by atoms with E-state index in [1.807, 2.05) is 31.4 Å². The highest BCUT2D eigenvalue weighted by Gasteiger charge is 2.14. The van der Waals surface area contributed by atoms with E-state index in [9.17, 15) is 0 Å². The zero-order valence-electron chi connectivity index (χ0n) is 8.55. The zero-order chi connectivity index (χ0) is 10.7. The van der Waals surface area contributed by atoms with Crippen molar-refractivity contribution in [3.05, 3.63) is 42.1 Å². The lowest BCUT2D eigenvalue weighted by Gasteiger charge is -2.11. The fraction of sp³-hybridized carbons (Fsp3) is 0.300. The Balaban J connectivity index is 2.09. The second-order valence-electron chi connectivity index (χ2n) is 3.42. The molecule has 0 aliphatic rings. The number of rotatable bonds is 4. The molecule has 2 aromatic rings. The number of nitrogens with zero attached hydrogens (tertiary/aromatic N) is 2. The Hall–Kier alpha value is -1.59. The van der Waals surface area contributed by atoms with E-state index >= 15 is 0 Å². The first-order valence-electron chi connectivity index (χ1n) is 4.77. The maximum absolute atomic E-state index is 5.47. The van der Waals surface area contributed by atoms with Crippen molar-refractivity contribution in [1.82, 2.24) is 15.2 Å². The Morgan fingerprint density at radius 2 is 2.47 bits per heavy atom. The Bertz CT molecular complexity index is 407. The highest BCUT2D eigenvalue weighted by atomic mass is 16.3. The van der Waals surface area contributed by atoms with Gasteiger partial charge >= 0.3 is 0 Å². The molecule has 0 aliphatic heterocycles. The molecule has 3 N–H and O–H groups in total. The van der Waals surface area contributed by atoms with Crippen LogP contribution in [0.1, 0.15) is 17.5 Å². The summed E-state index contributed by atoms with van der Waals surface area (Å²) in [6.07, 6.45) is 4.26. The maximum Gasteiger partial charge on any atom is 0.122 e. The lowest BCUT2D eigenvalue weighted by atomic mass is 10.1. The summed E-state index contributed by atoms with van der Waals surface area (Å²) in [4.78, 5) is 0. The first-order chi connectivity index (χ1) is 7.29. The maximum atomic E-state index is 5.47. The number of nitrogens with one attached hydrogen (secondary N) is 1. The molecule has 0 amide bonds. The summed E-state index contributed by atoms with van der Waals surface area (Å²) < 4.78 is 7.06. The second kappa shape index (κ2) is 4.29. The van der Waals surface area contributed by atoms with E-state index in [0.29, 0.717) is 6.42 Å². The van der Waals surface area contributed by atoms with Gasteiger partial charge in [0.05, 0.1) is 18.0 Å². The second-order valence-corrected chi connectivity index (χ2v) is 3.42. The molecule has 2 aromatic heterocycles. The minimum Gasteiger partial charge on any atom is -0.468 e. The molecule has 1 atom stereocenters. The molecule has 5 heteroatoms. The molecule has 0 bridgehead atoms. The molecule has 5 nitrogen and oxygen atoms in total. The van der Waals surface area contributed by atoms with Gasteiger partial charge in [0.2, 0.25) is 0 Å². The molecule has 0 spiro atoms. The third kappa shape index (κ3) is 2.26. The van der Waals surface area contributed by atoms with Crippen LogP contribution in [-0.2, 0) is 13.5 Å². The van der Waals surface area contributed by atoms with Crippen LogP contribution in [0.3, 0.4) is 0 Å². The highest BCUT2D eigenvalue weighted by molar-refractivity contribution is 5.09. The first-order valence-corrected chi connectivity index (χ1v) is 4.77. The minimum absolute atomic E-state index is 0.0325. The summed E-state index contributed by atoms with van der Waals surface area (Å²) in [7, 11) is 1.89. The van der Waals surface area contributed by atoms with Gasteiger partial charge in [0.15, 0.2) is 0 Å². The number of hydrazine groups is 1. The largest absolute Gasteiger partial charge is 0.468 e. The Morgan fingerprint density at radius 3 is 3.00 bits per heavy atom. The van der Waals surface area contributed by atoms with Crippen molar-refractivity contribution >= 4 is 0 Å². The lowest BCUT2D eigenvalue weighted by Crippen LogP contribution is -2.29. The predicted molar refractivity (Wildman–Crippen MR) is 55.7 cm³/mol. The third-order valence-electron chi connectivity index (χ3n) is 2.27. The molecule has 80 valence electrons. The van der Waals surface area contributed by atoms with E-state index in [2.05, 4.69) is 10.5 Å². The van der Waals surface area contributed by atoms with Gasteiger partial charge < -0.3 is 4.42 Å². The SMILES string of the molecule is Cn1ccc(CC(NN)c2ccco2)n1. The Morgan fingerprint density at radius 1 is 1.60 bits per heavy atom. The average Bonchev–Trinajstić information content (AvgIpc) is 2.85. The van der Waals surface area contributed by atoms with Gasteiger partial charge in [0.1, 0.15) is 5.76 Å². The molecular formula is C10H14N4O. The fourth-order valence-electron chi connectivity index (χ4n) is 1.51. The van der Waals surface area contributed by atoms with E-state index in [4.69, 9.17) is 10.3 Å². The lowest BCUT2D eigenvalue weighted by molar-refractivity contribution is 0.413. The van der Waals surface area contributed by atoms with Gasteiger partial charge in [-0.2, -0.15) is 5.10 Å². The number of aryl methyl sites for hydroxylation is 1. The van der Waals surface area contributed by atoms with E-state index in [0.717, 1.165) is 11.5 Å². The summed E-state index contributed by atoms with van der Waals surface area (Å²) in [5.41, 5.74) is 3.70. The van der Waals surface area contributed by atoms with Gasteiger partial charge in [-0.3, -0.25) is 10.5 Å². The van der Waals surface area contributed by atoms with Crippen LogP contribution in [0.15, 0.2) is 35.1 Å². The number of nitrogens with two attached hydrogens (primary N) is 1. The van der Waals surface area contributed by atoms with Crippen molar-refractivity contribution in [2.24, 2.45) is 12.9 Å². The van der Waals surface area contributed by atoms with Gasteiger partial charge in [-0.1, -0.05) is 0 Å². The van der Waals surface area contributed by atoms with Crippen molar-refractivity contribution in [1.29, 1.82) is 0 Å². The van der Waals surface area contributed by atoms with E-state index in [1.54, 1.807) is 10.9 Å². The van der Waals surface area contributed by atoms with Crippen molar-refractivity contribution < 1.29 is 4.42 Å². The monoisotopic (exact) mass is 206 g/mol. The summed E-state index contributed by atoms with van der Waals surface area (Å²) in [6, 6.07) is 5.67. The summed E-state index contributed by atoms with van der Waals surface area (Å²) in [5.74, 6) is 6.30. The van der Waals surface area contributed by atoms with Crippen LogP contribution in [0, 0.1) is 0 Å². The van der Waals surface area contributed by atoms with Gasteiger partial charge in [0, 0.05) is 19.7 Å². The number of furan rings is 1. The minimum atomic E-state index is -0.0325. The average molecular weight is 206 g/mol. The van der Waals surface area contributed by atoms with Gasteiger partial charge in [-0.15, -0.1) is 0 Å². The molecule has 2 heterocycles. The van der Waals surface area contributed by atoms with Crippen molar-refractivity contribution in [3.8, 4) is 0 Å². The van der Waals surface area contributed by atoms with Gasteiger partial charge in [-0.25, -0.2) is 5.43 Å². The molecular weight excluding hydrogens is 192 g/mol. The first kappa shape index (κ1) is 9.95. The van der Waals surface area contributed by atoms with Crippen LogP contribution < -0.4 is 11.3 Å². The van der Waals surface area contributed by atoms with Crippen molar-refractivity contribution in [2.45, 2.75) is 12.5 Å². The summed E-state index contributed by atoms with van der Waals surface area (Å²) in [5, 5.41) is 4.29. The molecule has 1 unspecified atom stereocenters. The van der Waals surface area contributed by atoms with E-state index in [-0.39, 0.29) is 6.04 Å². The molecule has 15 heavy (non-hydrogen) atoms. The zero-order valence-corrected chi connectivity index (χ0v) is 8.55. The predicted octanol–water partition coefficient (Wildman–Crippen LogP) is 0.760. The van der Waals surface area contributed by atoms with Gasteiger partial charge in [-0.05, 0) is 18.2 Å². The molecule has 0 saturated carbocycles. The quantitative estimate of drug-likeness (QED) is 0.572. The standard InChI is InChI=1S/C10H14N4O/c1-14-5-4-8(13-14)7-9(12-11)10-3-2-6-15-10/h2-6,9,12H,7,11H2,1H3. The van der Waals surface area contributed by atoms with Crippen LogP contribution >= 0.6 is 0 Å². The molecule has 0 radical (unpaired) electrons. The van der Waals surface area contributed by atoms with Gasteiger partial charge in [0.25, 0.3) is 0 Å². The van der Waals surface area contributed by atoms with Crippen LogP contribution in [-0.4, -0.2) is 9.78 Å². The fourth-order valence-corrected chi connectivity index (χ4v) is 1.51. The summed E-state index contributed by atoms with van der Waals surface area (Å²) in [6.45, 7) is 0. The van der Waals surface area contributed by atoms with E-state index in [1.165, 1.54) is 0 Å². The number of aromatic nitrogens is 2. The molecule has 0 aromatic carbocycles. The Labute approximate surface area is 87.8 Å². The van der Waals surface area contributed by atoms with Crippen molar-refractivity contribution in [3.63, 3.8) is 0 Å². The summed E-state index contributed by atoms with van der Waals surface area (Å²) >= 11 is 0. The molecule has 2 rings (SSSR count). The topological polar surface area (TPSA) is 69.0 Å². The van der Waals surface area contributed by atoms with Crippen LogP contribution in [0.4, 0.5) is 0 Å². The Kier molecular flexibility index (Phi) is 2.84. The van der Waals surface area contributed by atoms with E-state index < -0.39 is 0 Å². The number of hydrogen-bond acceptors (Lipinski definition) is 4. The third-order valence-corrected chi connectivity index (χ3v) is 2.27. The number of hydrogen-bond donors (Lipinski definition) is 2. The normalized spacial score (nSPS) is 12.9. The molecule has 0 saturated heterocycles. The van der Waals surface area contributed by atoms with Crippen LogP contribution in [0.25, 0.3) is 0 Å². The molecule has 0 aliphatic carbocycles. The highest BCUT2D eigenvalue weighted by Crippen LogP contribution is 2.16. The smallest absolute Gasteiger partial charge is 0.122 e. The molecule has 0 fully saturated rings. The van der Waals surface area contributed by atoms with Crippen LogP contribution in [0.2, 0.25) is 0 Å².